The minimum atomic E-state index is -0.0567. The number of hydrogen-bond donors (Lipinski definition) is 2. The van der Waals surface area contributed by atoms with Gasteiger partial charge in [-0.05, 0) is 45.2 Å². The van der Waals surface area contributed by atoms with Crippen LogP contribution in [0.15, 0.2) is 23.4 Å². The molecular formula is C15H22N2O3. The number of benzene rings is 1. The van der Waals surface area contributed by atoms with Crippen LogP contribution in [0.4, 0.5) is 0 Å². The highest BCUT2D eigenvalue weighted by atomic mass is 16.6. The first-order valence-electron chi connectivity index (χ1n) is 6.80. The molecule has 110 valence electrons. The third kappa shape index (κ3) is 3.42. The predicted molar refractivity (Wildman–Crippen MR) is 77.4 cm³/mol. The molecule has 5 heteroatoms. The van der Waals surface area contributed by atoms with Gasteiger partial charge in [-0.2, -0.15) is 0 Å². The zero-order valence-corrected chi connectivity index (χ0v) is 12.2. The largest absolute Gasteiger partial charge is 0.491 e. The lowest BCUT2D eigenvalue weighted by atomic mass is 10.1. The smallest absolute Gasteiger partial charge is 0.170 e. The van der Waals surface area contributed by atoms with Crippen molar-refractivity contribution in [3.05, 3.63) is 29.3 Å². The van der Waals surface area contributed by atoms with Gasteiger partial charge in [0.15, 0.2) is 5.84 Å². The molecule has 1 unspecified atom stereocenters. The van der Waals surface area contributed by atoms with E-state index >= 15 is 0 Å². The number of nitrogens with zero attached hydrogens (tertiary/aromatic N) is 1. The molecule has 1 saturated heterocycles. The molecule has 0 saturated carbocycles. The fourth-order valence-corrected chi connectivity index (χ4v) is 2.35. The average molecular weight is 278 g/mol. The average Bonchev–Trinajstić information content (AvgIpc) is 2.76. The van der Waals surface area contributed by atoms with Gasteiger partial charge in [-0.15, -0.1) is 0 Å². The van der Waals surface area contributed by atoms with Gasteiger partial charge in [0.25, 0.3) is 0 Å². The Balaban J connectivity index is 2.02. The minimum Gasteiger partial charge on any atom is -0.491 e. The summed E-state index contributed by atoms with van der Waals surface area (Å²) in [6, 6.07) is 5.47. The van der Waals surface area contributed by atoms with E-state index in [1.807, 2.05) is 13.0 Å². The molecular weight excluding hydrogens is 256 g/mol. The number of aryl methyl sites for hydroxylation is 1. The van der Waals surface area contributed by atoms with Crippen molar-refractivity contribution < 1.29 is 14.7 Å². The molecule has 0 spiro atoms. The van der Waals surface area contributed by atoms with Crippen LogP contribution in [0.5, 0.6) is 5.75 Å². The van der Waals surface area contributed by atoms with E-state index in [1.54, 1.807) is 12.1 Å². The molecule has 1 aromatic rings. The van der Waals surface area contributed by atoms with Crippen LogP contribution in [0, 0.1) is 6.92 Å². The second-order valence-corrected chi connectivity index (χ2v) is 5.81. The van der Waals surface area contributed by atoms with E-state index in [2.05, 4.69) is 19.0 Å². The quantitative estimate of drug-likeness (QED) is 0.384. The predicted octanol–water partition coefficient (Wildman–Crippen LogP) is 2.43. The fourth-order valence-electron chi connectivity index (χ4n) is 2.35. The molecule has 5 nitrogen and oxygen atoms in total. The second kappa shape index (κ2) is 5.71. The van der Waals surface area contributed by atoms with Crippen molar-refractivity contribution in [3.63, 3.8) is 0 Å². The van der Waals surface area contributed by atoms with Gasteiger partial charge in [-0.3, -0.25) is 0 Å². The maximum Gasteiger partial charge on any atom is 0.170 e. The lowest BCUT2D eigenvalue weighted by molar-refractivity contribution is -0.0327. The summed E-state index contributed by atoms with van der Waals surface area (Å²) in [5.41, 5.74) is 7.18. The van der Waals surface area contributed by atoms with E-state index in [0.717, 1.165) is 24.2 Å². The summed E-state index contributed by atoms with van der Waals surface area (Å²) in [5.74, 6) is 0.815. The third-order valence-corrected chi connectivity index (χ3v) is 3.57. The highest BCUT2D eigenvalue weighted by molar-refractivity contribution is 5.97. The van der Waals surface area contributed by atoms with Crippen LogP contribution in [0.25, 0.3) is 0 Å². The monoisotopic (exact) mass is 278 g/mol. The molecule has 1 fully saturated rings. The fraction of sp³-hybridized carbons (Fsp3) is 0.533. The first-order chi connectivity index (χ1) is 9.41. The molecule has 0 aliphatic carbocycles. The van der Waals surface area contributed by atoms with Gasteiger partial charge >= 0.3 is 0 Å². The van der Waals surface area contributed by atoms with E-state index in [1.165, 1.54) is 0 Å². The van der Waals surface area contributed by atoms with Crippen LogP contribution in [0.3, 0.4) is 0 Å². The Morgan fingerprint density at radius 1 is 1.55 bits per heavy atom. The minimum absolute atomic E-state index is 0.0567. The Labute approximate surface area is 119 Å². The Bertz CT molecular complexity index is 512. The highest BCUT2D eigenvalue weighted by Crippen LogP contribution is 2.30. The van der Waals surface area contributed by atoms with Gasteiger partial charge in [0.2, 0.25) is 0 Å². The Morgan fingerprint density at radius 2 is 2.30 bits per heavy atom. The summed E-state index contributed by atoms with van der Waals surface area (Å²) in [4.78, 5) is 0. The molecule has 0 amide bonds. The van der Waals surface area contributed by atoms with Crippen LogP contribution < -0.4 is 10.5 Å². The number of hydrogen-bond acceptors (Lipinski definition) is 4. The second-order valence-electron chi connectivity index (χ2n) is 5.81. The van der Waals surface area contributed by atoms with Crippen molar-refractivity contribution in [2.75, 3.05) is 6.61 Å². The van der Waals surface area contributed by atoms with Crippen molar-refractivity contribution in [2.24, 2.45) is 10.9 Å². The number of ether oxygens (including phenoxy) is 2. The highest BCUT2D eigenvalue weighted by Gasteiger charge is 2.31. The van der Waals surface area contributed by atoms with Crippen molar-refractivity contribution in [1.29, 1.82) is 0 Å². The molecule has 1 aliphatic rings. The van der Waals surface area contributed by atoms with Crippen LogP contribution in [0.2, 0.25) is 0 Å². The summed E-state index contributed by atoms with van der Waals surface area (Å²) < 4.78 is 11.7. The Morgan fingerprint density at radius 3 is 2.90 bits per heavy atom. The number of nitrogens with two attached hydrogens (primary N) is 1. The topological polar surface area (TPSA) is 77.1 Å². The molecule has 0 bridgehead atoms. The van der Waals surface area contributed by atoms with E-state index in [0.29, 0.717) is 12.2 Å². The molecule has 1 aliphatic heterocycles. The van der Waals surface area contributed by atoms with Crippen LogP contribution >= 0.6 is 0 Å². The lowest BCUT2D eigenvalue weighted by Gasteiger charge is -2.20. The third-order valence-electron chi connectivity index (χ3n) is 3.57. The van der Waals surface area contributed by atoms with Gasteiger partial charge in [-0.1, -0.05) is 17.3 Å². The van der Waals surface area contributed by atoms with Crippen LogP contribution in [-0.2, 0) is 4.74 Å². The van der Waals surface area contributed by atoms with Crippen molar-refractivity contribution in [3.8, 4) is 5.75 Å². The standard InChI is InChI=1S/C15H22N2O3/c1-10-4-5-11(14(16)17-18)8-13(10)19-9-12-6-7-15(2,3)20-12/h4-5,8,12,18H,6-7,9H2,1-3H3,(H2,16,17). The van der Waals surface area contributed by atoms with Crippen molar-refractivity contribution in [2.45, 2.75) is 45.3 Å². The molecule has 20 heavy (non-hydrogen) atoms. The summed E-state index contributed by atoms with van der Waals surface area (Å²) in [6.07, 6.45) is 2.17. The summed E-state index contributed by atoms with van der Waals surface area (Å²) in [5, 5.41) is 11.7. The zero-order chi connectivity index (χ0) is 14.8. The normalized spacial score (nSPS) is 21.9. The zero-order valence-electron chi connectivity index (χ0n) is 12.2. The molecule has 2 rings (SSSR count). The SMILES string of the molecule is Cc1ccc(/C(N)=N/O)cc1OCC1CCC(C)(C)O1. The van der Waals surface area contributed by atoms with E-state index < -0.39 is 0 Å². The number of oxime groups is 1. The van der Waals surface area contributed by atoms with Gasteiger partial charge in [0, 0.05) is 5.56 Å². The van der Waals surface area contributed by atoms with Gasteiger partial charge in [0.05, 0.1) is 11.7 Å². The summed E-state index contributed by atoms with van der Waals surface area (Å²) in [7, 11) is 0. The molecule has 1 heterocycles. The van der Waals surface area contributed by atoms with Gasteiger partial charge in [0.1, 0.15) is 12.4 Å². The Hall–Kier alpha value is -1.75. The summed E-state index contributed by atoms with van der Waals surface area (Å²) >= 11 is 0. The first-order valence-corrected chi connectivity index (χ1v) is 6.80. The maximum atomic E-state index is 8.71. The summed E-state index contributed by atoms with van der Waals surface area (Å²) in [6.45, 7) is 6.67. The number of amidine groups is 1. The maximum absolute atomic E-state index is 8.71. The Kier molecular flexibility index (Phi) is 4.18. The first kappa shape index (κ1) is 14.7. The molecule has 0 radical (unpaired) electrons. The van der Waals surface area contributed by atoms with Crippen LogP contribution in [0.1, 0.15) is 37.8 Å². The van der Waals surface area contributed by atoms with Gasteiger partial charge < -0.3 is 20.4 Å². The van der Waals surface area contributed by atoms with Crippen molar-refractivity contribution in [1.82, 2.24) is 0 Å². The molecule has 0 aromatic heterocycles. The van der Waals surface area contributed by atoms with E-state index in [9.17, 15) is 0 Å². The van der Waals surface area contributed by atoms with E-state index in [4.69, 9.17) is 20.4 Å². The number of rotatable bonds is 4. The lowest BCUT2D eigenvalue weighted by Crippen LogP contribution is -2.24. The van der Waals surface area contributed by atoms with Gasteiger partial charge in [-0.25, -0.2) is 0 Å². The molecule has 3 N–H and O–H groups in total. The van der Waals surface area contributed by atoms with Crippen molar-refractivity contribution >= 4 is 5.84 Å². The van der Waals surface area contributed by atoms with Crippen LogP contribution in [-0.4, -0.2) is 29.4 Å². The molecule has 1 atom stereocenters. The van der Waals surface area contributed by atoms with E-state index in [-0.39, 0.29) is 17.5 Å². The molecule has 1 aromatic carbocycles.